The largest absolute Gasteiger partial charge is 0.480 e. The molecule has 0 heterocycles. The molecule has 6 N–H and O–H groups in total. The maximum atomic E-state index is 12.0. The molecule has 0 aliphatic heterocycles. The van der Waals surface area contributed by atoms with Crippen LogP contribution in [-0.4, -0.2) is 69.9 Å². The molecule has 2 unspecified atom stereocenters. The second-order valence-electron chi connectivity index (χ2n) is 5.24. The molecule has 2 atom stereocenters. The lowest BCUT2D eigenvalue weighted by molar-refractivity contribution is -0.139. The highest BCUT2D eigenvalue weighted by Gasteiger charge is 2.22. The molecule has 0 saturated carbocycles. The van der Waals surface area contributed by atoms with E-state index in [4.69, 9.17) is 15.9 Å². The standard InChI is InChI=1S/C14H23N3O7S/c1-8(18)4-5-25-7-10(13(22)16-6-12(20)21)17-11(19)3-2-9(15)14(23)24/h9-10H,2-7,15H2,1H3,(H,16,22)(H,17,19)(H,20,21)(H,23,24). The Balaban J connectivity index is 4.55. The molecular formula is C14H23N3O7S. The molecule has 0 fully saturated rings. The minimum absolute atomic E-state index is 0.00827. The van der Waals surface area contributed by atoms with Gasteiger partial charge in [-0.25, -0.2) is 0 Å². The van der Waals surface area contributed by atoms with Crippen LogP contribution in [-0.2, 0) is 24.0 Å². The van der Waals surface area contributed by atoms with Gasteiger partial charge in [0.25, 0.3) is 0 Å². The van der Waals surface area contributed by atoms with E-state index in [-0.39, 0.29) is 24.4 Å². The summed E-state index contributed by atoms with van der Waals surface area (Å²) in [5, 5.41) is 21.8. The maximum absolute atomic E-state index is 12.0. The SMILES string of the molecule is CC(=O)CCSCC(NC(=O)CCC(N)C(=O)O)C(=O)NCC(=O)O. The number of hydrogen-bond donors (Lipinski definition) is 5. The predicted molar refractivity (Wildman–Crippen MR) is 90.0 cm³/mol. The van der Waals surface area contributed by atoms with Crippen LogP contribution in [0.2, 0.25) is 0 Å². The van der Waals surface area contributed by atoms with E-state index < -0.39 is 42.4 Å². The van der Waals surface area contributed by atoms with Crippen molar-refractivity contribution in [2.75, 3.05) is 18.1 Å². The first kappa shape index (κ1) is 22.9. The Bertz CT molecular complexity index is 513. The lowest BCUT2D eigenvalue weighted by Gasteiger charge is -2.18. The molecule has 0 aromatic carbocycles. The van der Waals surface area contributed by atoms with Gasteiger partial charge in [-0.05, 0) is 13.3 Å². The Morgan fingerprint density at radius 2 is 1.76 bits per heavy atom. The van der Waals surface area contributed by atoms with E-state index in [1.807, 2.05) is 0 Å². The zero-order valence-electron chi connectivity index (χ0n) is 13.8. The number of carboxylic acids is 2. The zero-order valence-corrected chi connectivity index (χ0v) is 14.6. The first-order valence-corrected chi connectivity index (χ1v) is 8.63. The molecule has 11 heteroatoms. The molecule has 0 bridgehead atoms. The third-order valence-corrected chi connectivity index (χ3v) is 4.01. The summed E-state index contributed by atoms with van der Waals surface area (Å²) in [6.45, 7) is 0.846. The van der Waals surface area contributed by atoms with E-state index >= 15 is 0 Å². The number of nitrogens with two attached hydrogens (primary N) is 1. The number of carbonyl (C=O) groups excluding carboxylic acids is 3. The predicted octanol–water partition coefficient (Wildman–Crippen LogP) is -1.42. The fraction of sp³-hybridized carbons (Fsp3) is 0.643. The van der Waals surface area contributed by atoms with Gasteiger partial charge in [-0.2, -0.15) is 11.8 Å². The normalized spacial score (nSPS) is 12.7. The summed E-state index contributed by atoms with van der Waals surface area (Å²) in [5.41, 5.74) is 5.30. The van der Waals surface area contributed by atoms with Gasteiger partial charge in [0.15, 0.2) is 0 Å². The summed E-state index contributed by atoms with van der Waals surface area (Å²) in [5.74, 6) is -3.11. The maximum Gasteiger partial charge on any atom is 0.322 e. The Morgan fingerprint density at radius 3 is 2.28 bits per heavy atom. The van der Waals surface area contributed by atoms with Crippen molar-refractivity contribution >= 4 is 41.3 Å². The van der Waals surface area contributed by atoms with Crippen molar-refractivity contribution in [3.05, 3.63) is 0 Å². The van der Waals surface area contributed by atoms with Crippen LogP contribution in [0.3, 0.4) is 0 Å². The Hall–Kier alpha value is -2.14. The first-order valence-electron chi connectivity index (χ1n) is 7.48. The number of aliphatic carboxylic acids is 2. The number of thioether (sulfide) groups is 1. The molecule has 0 radical (unpaired) electrons. The van der Waals surface area contributed by atoms with Gasteiger partial charge >= 0.3 is 11.9 Å². The van der Waals surface area contributed by atoms with Gasteiger partial charge in [0.2, 0.25) is 11.8 Å². The van der Waals surface area contributed by atoms with Crippen molar-refractivity contribution < 1.29 is 34.2 Å². The van der Waals surface area contributed by atoms with Gasteiger partial charge in [0, 0.05) is 24.3 Å². The summed E-state index contributed by atoms with van der Waals surface area (Å²) in [6, 6.07) is -2.18. The third-order valence-electron chi connectivity index (χ3n) is 2.95. The number of ketones is 1. The van der Waals surface area contributed by atoms with Crippen molar-refractivity contribution in [3.8, 4) is 0 Å². The summed E-state index contributed by atoms with van der Waals surface area (Å²) < 4.78 is 0. The van der Waals surface area contributed by atoms with Crippen molar-refractivity contribution in [3.63, 3.8) is 0 Å². The van der Waals surface area contributed by atoms with Crippen LogP contribution in [0.25, 0.3) is 0 Å². The Labute approximate surface area is 148 Å². The fourth-order valence-electron chi connectivity index (χ4n) is 1.56. The third kappa shape index (κ3) is 12.0. The summed E-state index contributed by atoms with van der Waals surface area (Å²) >= 11 is 1.26. The second kappa shape index (κ2) is 12.3. The van der Waals surface area contributed by atoms with Crippen LogP contribution >= 0.6 is 11.8 Å². The van der Waals surface area contributed by atoms with E-state index in [2.05, 4.69) is 10.6 Å². The lowest BCUT2D eigenvalue weighted by Crippen LogP contribution is -2.49. The topological polar surface area (TPSA) is 176 Å². The average molecular weight is 377 g/mol. The van der Waals surface area contributed by atoms with Gasteiger partial charge in [-0.15, -0.1) is 0 Å². The minimum Gasteiger partial charge on any atom is -0.480 e. The number of hydrogen-bond acceptors (Lipinski definition) is 7. The van der Waals surface area contributed by atoms with Crippen LogP contribution in [0.1, 0.15) is 26.2 Å². The van der Waals surface area contributed by atoms with Gasteiger partial charge in [0.05, 0.1) is 0 Å². The Morgan fingerprint density at radius 1 is 1.12 bits per heavy atom. The molecule has 0 spiro atoms. The molecule has 0 aromatic rings. The highest BCUT2D eigenvalue weighted by molar-refractivity contribution is 7.99. The number of Topliss-reactive ketones (excluding diaryl/α,β-unsaturated/α-hetero) is 1. The van der Waals surface area contributed by atoms with Gasteiger partial charge in [-0.3, -0.25) is 24.0 Å². The van der Waals surface area contributed by atoms with E-state index in [0.29, 0.717) is 12.2 Å². The molecule has 0 aliphatic carbocycles. The quantitative estimate of drug-likeness (QED) is 0.241. The summed E-state index contributed by atoms with van der Waals surface area (Å²) in [6.07, 6.45) is 0.0337. The number of carboxylic acid groups (broad SMARTS) is 2. The van der Waals surface area contributed by atoms with E-state index in [1.54, 1.807) is 0 Å². The van der Waals surface area contributed by atoms with E-state index in [0.717, 1.165) is 0 Å². The van der Waals surface area contributed by atoms with Gasteiger partial charge in [-0.1, -0.05) is 0 Å². The van der Waals surface area contributed by atoms with Crippen molar-refractivity contribution in [2.24, 2.45) is 5.73 Å². The number of rotatable bonds is 13. The molecule has 0 saturated heterocycles. The zero-order chi connectivity index (χ0) is 19.4. The smallest absolute Gasteiger partial charge is 0.322 e. The Kier molecular flexibility index (Phi) is 11.2. The second-order valence-corrected chi connectivity index (χ2v) is 6.39. The molecule has 25 heavy (non-hydrogen) atoms. The average Bonchev–Trinajstić information content (AvgIpc) is 2.52. The number of nitrogens with one attached hydrogen (secondary N) is 2. The fourth-order valence-corrected chi connectivity index (χ4v) is 2.63. The minimum atomic E-state index is -1.23. The van der Waals surface area contributed by atoms with Crippen molar-refractivity contribution in [1.29, 1.82) is 0 Å². The lowest BCUT2D eigenvalue weighted by atomic mass is 10.1. The van der Waals surface area contributed by atoms with Crippen LogP contribution < -0.4 is 16.4 Å². The number of carbonyl (C=O) groups is 5. The van der Waals surface area contributed by atoms with Gasteiger partial charge < -0.3 is 26.6 Å². The van der Waals surface area contributed by atoms with Crippen LogP contribution in [0.4, 0.5) is 0 Å². The molecule has 142 valence electrons. The van der Waals surface area contributed by atoms with E-state index in [9.17, 15) is 24.0 Å². The van der Waals surface area contributed by atoms with E-state index in [1.165, 1.54) is 18.7 Å². The monoisotopic (exact) mass is 377 g/mol. The van der Waals surface area contributed by atoms with Crippen LogP contribution in [0.15, 0.2) is 0 Å². The molecule has 10 nitrogen and oxygen atoms in total. The first-order chi connectivity index (χ1) is 11.6. The highest BCUT2D eigenvalue weighted by atomic mass is 32.2. The molecule has 2 amide bonds. The van der Waals surface area contributed by atoms with Crippen molar-refractivity contribution in [2.45, 2.75) is 38.3 Å². The summed E-state index contributed by atoms with van der Waals surface area (Å²) in [4.78, 5) is 55.8. The molecule has 0 rings (SSSR count). The van der Waals surface area contributed by atoms with Crippen molar-refractivity contribution in [1.82, 2.24) is 10.6 Å². The molecular weight excluding hydrogens is 354 g/mol. The number of amides is 2. The highest BCUT2D eigenvalue weighted by Crippen LogP contribution is 2.07. The van der Waals surface area contributed by atoms with Crippen LogP contribution in [0.5, 0.6) is 0 Å². The summed E-state index contributed by atoms with van der Waals surface area (Å²) in [7, 11) is 0. The van der Waals surface area contributed by atoms with Crippen LogP contribution in [0, 0.1) is 0 Å². The molecule has 0 aliphatic rings. The molecule has 0 aromatic heterocycles. The van der Waals surface area contributed by atoms with Gasteiger partial charge in [0.1, 0.15) is 24.4 Å².